The van der Waals surface area contributed by atoms with Crippen LogP contribution in [0.5, 0.6) is 0 Å². The molecule has 0 saturated carbocycles. The molecular formula is C19H23F3N4. The molecular weight excluding hydrogens is 341 g/mol. The second-order valence-electron chi connectivity index (χ2n) is 6.54. The lowest BCUT2D eigenvalue weighted by atomic mass is 10.1. The molecule has 0 amide bonds. The summed E-state index contributed by atoms with van der Waals surface area (Å²) in [6, 6.07) is 7.10. The molecule has 1 fully saturated rings. The summed E-state index contributed by atoms with van der Waals surface area (Å²) in [5.41, 5.74) is 0.541. The van der Waals surface area contributed by atoms with Gasteiger partial charge in [-0.15, -0.1) is 0 Å². The Labute approximate surface area is 151 Å². The van der Waals surface area contributed by atoms with Crippen molar-refractivity contribution in [1.29, 1.82) is 0 Å². The first kappa shape index (κ1) is 18.5. The molecule has 26 heavy (non-hydrogen) atoms. The lowest BCUT2D eigenvalue weighted by Crippen LogP contribution is -2.30. The van der Waals surface area contributed by atoms with E-state index in [0.29, 0.717) is 11.6 Å². The number of rotatable bonds is 5. The summed E-state index contributed by atoms with van der Waals surface area (Å²) in [5.74, 6) is 1.19. The van der Waals surface area contributed by atoms with Gasteiger partial charge in [-0.2, -0.15) is 18.2 Å². The summed E-state index contributed by atoms with van der Waals surface area (Å²) in [6.45, 7) is 3.97. The van der Waals surface area contributed by atoms with Crippen LogP contribution in [-0.2, 0) is 12.6 Å². The second-order valence-corrected chi connectivity index (χ2v) is 6.54. The number of alkyl halides is 3. The van der Waals surface area contributed by atoms with E-state index in [9.17, 15) is 13.2 Å². The Morgan fingerprint density at radius 2 is 1.85 bits per heavy atom. The smallest absolute Gasteiger partial charge is 0.356 e. The standard InChI is InChI=1S/C19H23F3N4/c1-2-7-15-13-17(26-10-4-3-5-11-26)25-18(23-15)24-16-9-6-8-14(12-16)19(20,21)22/h6,8-9,12-13H,2-5,7,10-11H2,1H3,(H,23,24,25). The number of anilines is 3. The molecule has 0 unspecified atom stereocenters. The molecule has 0 radical (unpaired) electrons. The van der Waals surface area contributed by atoms with Gasteiger partial charge >= 0.3 is 6.18 Å². The average molecular weight is 364 g/mol. The molecule has 2 heterocycles. The molecule has 1 aliphatic heterocycles. The van der Waals surface area contributed by atoms with Gasteiger partial charge in [-0.25, -0.2) is 4.98 Å². The van der Waals surface area contributed by atoms with E-state index < -0.39 is 11.7 Å². The van der Waals surface area contributed by atoms with Crippen LogP contribution in [-0.4, -0.2) is 23.1 Å². The van der Waals surface area contributed by atoms with E-state index in [-0.39, 0.29) is 0 Å². The molecule has 0 bridgehead atoms. The summed E-state index contributed by atoms with van der Waals surface area (Å²) in [4.78, 5) is 11.2. The van der Waals surface area contributed by atoms with Crippen LogP contribution in [0.25, 0.3) is 0 Å². The van der Waals surface area contributed by atoms with Crippen molar-refractivity contribution in [1.82, 2.24) is 9.97 Å². The van der Waals surface area contributed by atoms with E-state index in [0.717, 1.165) is 62.4 Å². The van der Waals surface area contributed by atoms with E-state index in [1.54, 1.807) is 6.07 Å². The predicted molar refractivity (Wildman–Crippen MR) is 96.8 cm³/mol. The number of piperidine rings is 1. The molecule has 1 aromatic carbocycles. The number of aryl methyl sites for hydroxylation is 1. The number of hydrogen-bond donors (Lipinski definition) is 1. The maximum atomic E-state index is 12.9. The average Bonchev–Trinajstić information content (AvgIpc) is 2.62. The zero-order valence-electron chi connectivity index (χ0n) is 14.8. The van der Waals surface area contributed by atoms with Crippen LogP contribution in [0.15, 0.2) is 30.3 Å². The Morgan fingerprint density at radius 3 is 2.54 bits per heavy atom. The summed E-state index contributed by atoms with van der Waals surface area (Å²) in [7, 11) is 0. The largest absolute Gasteiger partial charge is 0.416 e. The minimum Gasteiger partial charge on any atom is -0.356 e. The zero-order valence-corrected chi connectivity index (χ0v) is 14.8. The molecule has 2 aromatic rings. The number of aromatic nitrogens is 2. The fourth-order valence-corrected chi connectivity index (χ4v) is 3.11. The van der Waals surface area contributed by atoms with Gasteiger partial charge in [-0.3, -0.25) is 0 Å². The Balaban J connectivity index is 1.87. The SMILES string of the molecule is CCCc1cc(N2CCCCC2)nc(Nc2cccc(C(F)(F)F)c2)n1. The molecule has 1 N–H and O–H groups in total. The summed E-state index contributed by atoms with van der Waals surface area (Å²) in [5, 5.41) is 2.95. The lowest BCUT2D eigenvalue weighted by molar-refractivity contribution is -0.137. The Morgan fingerprint density at radius 1 is 1.08 bits per heavy atom. The first-order valence-corrected chi connectivity index (χ1v) is 9.03. The third-order valence-corrected chi connectivity index (χ3v) is 4.40. The van der Waals surface area contributed by atoms with Crippen LogP contribution in [0, 0.1) is 0 Å². The highest BCUT2D eigenvalue weighted by molar-refractivity contribution is 5.57. The van der Waals surface area contributed by atoms with Gasteiger partial charge in [0, 0.05) is 30.5 Å². The monoisotopic (exact) mass is 364 g/mol. The quantitative estimate of drug-likeness (QED) is 0.793. The van der Waals surface area contributed by atoms with Crippen LogP contribution in [0.4, 0.5) is 30.6 Å². The van der Waals surface area contributed by atoms with Gasteiger partial charge in [0.1, 0.15) is 5.82 Å². The van der Waals surface area contributed by atoms with Gasteiger partial charge in [0.05, 0.1) is 5.56 Å². The molecule has 4 nitrogen and oxygen atoms in total. The van der Waals surface area contributed by atoms with Crippen molar-refractivity contribution in [2.45, 2.75) is 45.2 Å². The van der Waals surface area contributed by atoms with E-state index >= 15 is 0 Å². The van der Waals surface area contributed by atoms with Crippen LogP contribution < -0.4 is 10.2 Å². The van der Waals surface area contributed by atoms with Crippen molar-refractivity contribution >= 4 is 17.5 Å². The summed E-state index contributed by atoms with van der Waals surface area (Å²) in [6.07, 6.45) is 0.855. The van der Waals surface area contributed by atoms with Crippen LogP contribution in [0.3, 0.4) is 0 Å². The highest BCUT2D eigenvalue weighted by Gasteiger charge is 2.30. The van der Waals surface area contributed by atoms with Crippen molar-refractivity contribution < 1.29 is 13.2 Å². The number of benzene rings is 1. The molecule has 0 spiro atoms. The highest BCUT2D eigenvalue weighted by Crippen LogP contribution is 2.31. The van der Waals surface area contributed by atoms with E-state index in [4.69, 9.17) is 0 Å². The van der Waals surface area contributed by atoms with Gasteiger partial charge in [0.25, 0.3) is 0 Å². The van der Waals surface area contributed by atoms with Crippen LogP contribution in [0.1, 0.15) is 43.9 Å². The van der Waals surface area contributed by atoms with Crippen molar-refractivity contribution in [3.8, 4) is 0 Å². The maximum Gasteiger partial charge on any atom is 0.416 e. The molecule has 1 aromatic heterocycles. The zero-order chi connectivity index (χ0) is 18.6. The summed E-state index contributed by atoms with van der Waals surface area (Å²) < 4.78 is 38.7. The number of nitrogens with one attached hydrogen (secondary N) is 1. The molecule has 0 atom stereocenters. The molecule has 0 aliphatic carbocycles. The van der Waals surface area contributed by atoms with Gasteiger partial charge < -0.3 is 10.2 Å². The number of nitrogens with zero attached hydrogens (tertiary/aromatic N) is 3. The lowest BCUT2D eigenvalue weighted by Gasteiger charge is -2.28. The third-order valence-electron chi connectivity index (χ3n) is 4.40. The number of halogens is 3. The first-order chi connectivity index (χ1) is 12.5. The van der Waals surface area contributed by atoms with E-state index in [1.807, 2.05) is 6.07 Å². The van der Waals surface area contributed by atoms with Gasteiger partial charge in [0.2, 0.25) is 5.95 Å². The Hall–Kier alpha value is -2.31. The van der Waals surface area contributed by atoms with E-state index in [2.05, 4.69) is 27.1 Å². The van der Waals surface area contributed by atoms with Crippen LogP contribution in [0.2, 0.25) is 0 Å². The van der Waals surface area contributed by atoms with Crippen LogP contribution >= 0.6 is 0 Å². The molecule has 3 rings (SSSR count). The highest BCUT2D eigenvalue weighted by atomic mass is 19.4. The molecule has 1 saturated heterocycles. The minimum absolute atomic E-state index is 0.332. The molecule has 7 heteroatoms. The summed E-state index contributed by atoms with van der Waals surface area (Å²) >= 11 is 0. The van der Waals surface area contributed by atoms with Crippen molar-refractivity contribution in [3.05, 3.63) is 41.6 Å². The first-order valence-electron chi connectivity index (χ1n) is 9.03. The Bertz CT molecular complexity index is 740. The topological polar surface area (TPSA) is 41.1 Å². The predicted octanol–water partition coefficient (Wildman–Crippen LogP) is 5.18. The van der Waals surface area contributed by atoms with Gasteiger partial charge in [0.15, 0.2) is 0 Å². The normalized spacial score (nSPS) is 15.2. The van der Waals surface area contributed by atoms with Gasteiger partial charge in [-0.05, 0) is 43.9 Å². The number of hydrogen-bond acceptors (Lipinski definition) is 4. The Kier molecular flexibility index (Phi) is 5.64. The van der Waals surface area contributed by atoms with Crippen molar-refractivity contribution in [3.63, 3.8) is 0 Å². The fourth-order valence-electron chi connectivity index (χ4n) is 3.11. The van der Waals surface area contributed by atoms with Crippen molar-refractivity contribution in [2.24, 2.45) is 0 Å². The molecule has 140 valence electrons. The van der Waals surface area contributed by atoms with E-state index in [1.165, 1.54) is 12.5 Å². The van der Waals surface area contributed by atoms with Crippen molar-refractivity contribution in [2.75, 3.05) is 23.3 Å². The molecule has 1 aliphatic rings. The second kappa shape index (κ2) is 7.93. The fraction of sp³-hybridized carbons (Fsp3) is 0.474. The van der Waals surface area contributed by atoms with Gasteiger partial charge in [-0.1, -0.05) is 19.4 Å². The minimum atomic E-state index is -4.37. The third kappa shape index (κ3) is 4.65. The maximum absolute atomic E-state index is 12.9.